The Balaban J connectivity index is 1.69. The van der Waals surface area contributed by atoms with Crippen molar-refractivity contribution >= 4 is 34.4 Å². The number of benzene rings is 1. The maximum absolute atomic E-state index is 12.6. The maximum atomic E-state index is 12.6. The highest BCUT2D eigenvalue weighted by molar-refractivity contribution is 6.04. The van der Waals surface area contributed by atoms with Gasteiger partial charge in [-0.05, 0) is 18.6 Å². The van der Waals surface area contributed by atoms with Crippen LogP contribution in [0.15, 0.2) is 39.5 Å². The van der Waals surface area contributed by atoms with Crippen LogP contribution in [-0.4, -0.2) is 21.6 Å². The molecule has 8 nitrogen and oxygen atoms in total. The van der Waals surface area contributed by atoms with Crippen molar-refractivity contribution in [1.29, 1.82) is 0 Å². The molecule has 0 saturated carbocycles. The quantitative estimate of drug-likeness (QED) is 0.733. The smallest absolute Gasteiger partial charge is 0.292 e. The molecule has 26 heavy (non-hydrogen) atoms. The molecular formula is C18H16N4O4. The second kappa shape index (κ2) is 5.83. The molecule has 0 radical (unpaired) electrons. The molecule has 0 fully saturated rings. The molecule has 3 heterocycles. The van der Waals surface area contributed by atoms with E-state index in [0.717, 1.165) is 11.6 Å². The van der Waals surface area contributed by atoms with Gasteiger partial charge >= 0.3 is 0 Å². The van der Waals surface area contributed by atoms with Crippen LogP contribution in [0, 0.1) is 5.92 Å². The number of aryl methyl sites for hydroxylation is 1. The first-order chi connectivity index (χ1) is 12.4. The van der Waals surface area contributed by atoms with E-state index in [9.17, 15) is 14.4 Å². The molecule has 2 N–H and O–H groups in total. The molecule has 8 heteroatoms. The Hall–Kier alpha value is -3.42. The van der Waals surface area contributed by atoms with E-state index >= 15 is 0 Å². The predicted molar refractivity (Wildman–Crippen MR) is 95.1 cm³/mol. The molecule has 1 aromatic carbocycles. The van der Waals surface area contributed by atoms with Gasteiger partial charge in [-0.15, -0.1) is 0 Å². The zero-order valence-corrected chi connectivity index (χ0v) is 14.2. The summed E-state index contributed by atoms with van der Waals surface area (Å²) < 4.78 is 7.05. The number of hydrogen-bond acceptors (Lipinski definition) is 5. The van der Waals surface area contributed by atoms with E-state index in [1.54, 1.807) is 38.2 Å². The summed E-state index contributed by atoms with van der Waals surface area (Å²) in [5.74, 6) is -0.0716. The number of nitrogens with zero attached hydrogens (tertiary/aromatic N) is 2. The van der Waals surface area contributed by atoms with Crippen molar-refractivity contribution < 1.29 is 14.0 Å². The molecular weight excluding hydrogens is 336 g/mol. The van der Waals surface area contributed by atoms with Gasteiger partial charge in [0.05, 0.1) is 5.39 Å². The van der Waals surface area contributed by atoms with Crippen molar-refractivity contribution in [2.75, 3.05) is 10.6 Å². The van der Waals surface area contributed by atoms with Gasteiger partial charge in [-0.1, -0.05) is 19.1 Å². The van der Waals surface area contributed by atoms with Crippen molar-refractivity contribution in [2.45, 2.75) is 13.3 Å². The molecule has 4 rings (SSSR count). The fraction of sp³-hybridized carbons (Fsp3) is 0.222. The average molecular weight is 352 g/mol. The van der Waals surface area contributed by atoms with E-state index in [-0.39, 0.29) is 23.0 Å². The van der Waals surface area contributed by atoms with Crippen LogP contribution in [0.3, 0.4) is 0 Å². The van der Waals surface area contributed by atoms with Crippen molar-refractivity contribution in [3.05, 3.63) is 51.9 Å². The number of carbonyl (C=O) groups excluding carboxylic acids is 2. The van der Waals surface area contributed by atoms with Crippen molar-refractivity contribution in [1.82, 2.24) is 9.78 Å². The average Bonchev–Trinajstić information content (AvgIpc) is 2.90. The summed E-state index contributed by atoms with van der Waals surface area (Å²) in [5, 5.41) is 10.1. The monoisotopic (exact) mass is 352 g/mol. The summed E-state index contributed by atoms with van der Waals surface area (Å²) in [6.45, 7) is 1.80. The standard InChI is InChI=1S/C18H16N4O4/c1-9-7-11-15(21-22(2)16(11)20-17(9)24)19-18(25)14-8-12(23)10-5-3-4-6-13(10)26-14/h3-6,8-9H,7H2,1-2H3,(H,20,24)(H,19,21,25)/t9-/m1/s1. The van der Waals surface area contributed by atoms with Gasteiger partial charge in [-0.3, -0.25) is 19.1 Å². The third-order valence-corrected chi connectivity index (χ3v) is 4.44. The summed E-state index contributed by atoms with van der Waals surface area (Å²) in [7, 11) is 1.68. The first kappa shape index (κ1) is 16.1. The number of aromatic nitrogens is 2. The fourth-order valence-electron chi connectivity index (χ4n) is 3.04. The number of amides is 2. The molecule has 0 unspecified atom stereocenters. The summed E-state index contributed by atoms with van der Waals surface area (Å²) in [6.07, 6.45) is 0.465. The van der Waals surface area contributed by atoms with Gasteiger partial charge in [0, 0.05) is 24.6 Å². The second-order valence-corrected chi connectivity index (χ2v) is 6.32. The predicted octanol–water partition coefficient (Wildman–Crippen LogP) is 1.91. The lowest BCUT2D eigenvalue weighted by molar-refractivity contribution is -0.119. The van der Waals surface area contributed by atoms with Crippen LogP contribution >= 0.6 is 0 Å². The van der Waals surface area contributed by atoms with E-state index in [0.29, 0.717) is 29.0 Å². The molecule has 132 valence electrons. The second-order valence-electron chi connectivity index (χ2n) is 6.32. The highest BCUT2D eigenvalue weighted by Gasteiger charge is 2.29. The van der Waals surface area contributed by atoms with Gasteiger partial charge in [-0.25, -0.2) is 0 Å². The number of rotatable bonds is 2. The minimum atomic E-state index is -0.571. The zero-order valence-electron chi connectivity index (χ0n) is 14.2. The summed E-state index contributed by atoms with van der Waals surface area (Å²) in [4.78, 5) is 36.6. The van der Waals surface area contributed by atoms with Gasteiger partial charge in [0.25, 0.3) is 5.91 Å². The van der Waals surface area contributed by atoms with Gasteiger partial charge in [0.2, 0.25) is 5.91 Å². The lowest BCUT2D eigenvalue weighted by Gasteiger charge is -2.19. The van der Waals surface area contributed by atoms with Crippen LogP contribution in [-0.2, 0) is 18.3 Å². The van der Waals surface area contributed by atoms with Crippen LogP contribution in [0.5, 0.6) is 0 Å². The molecule has 0 saturated heterocycles. The van der Waals surface area contributed by atoms with Crippen LogP contribution in [0.1, 0.15) is 23.0 Å². The Morgan fingerprint density at radius 2 is 2.12 bits per heavy atom. The van der Waals surface area contributed by atoms with Crippen molar-refractivity contribution in [3.8, 4) is 0 Å². The lowest BCUT2D eigenvalue weighted by Crippen LogP contribution is -2.28. The molecule has 1 aliphatic heterocycles. The Morgan fingerprint density at radius 3 is 2.92 bits per heavy atom. The number of para-hydroxylation sites is 1. The van der Waals surface area contributed by atoms with Gasteiger partial charge < -0.3 is 15.1 Å². The number of anilines is 2. The Bertz CT molecular complexity index is 1110. The molecule has 2 amide bonds. The summed E-state index contributed by atoms with van der Waals surface area (Å²) in [6, 6.07) is 7.90. The van der Waals surface area contributed by atoms with Crippen LogP contribution in [0.4, 0.5) is 11.6 Å². The summed E-state index contributed by atoms with van der Waals surface area (Å²) in [5.41, 5.74) is 0.797. The SMILES string of the molecule is C[C@@H]1Cc2c(NC(=O)c3cc(=O)c4ccccc4o3)nn(C)c2NC1=O. The number of nitrogens with one attached hydrogen (secondary N) is 2. The first-order valence-electron chi connectivity index (χ1n) is 8.15. The summed E-state index contributed by atoms with van der Waals surface area (Å²) >= 11 is 0. The molecule has 3 aromatic rings. The Labute approximate surface area is 147 Å². The van der Waals surface area contributed by atoms with E-state index in [4.69, 9.17) is 4.42 Å². The molecule has 1 aliphatic rings. The van der Waals surface area contributed by atoms with Gasteiger partial charge in [0.15, 0.2) is 17.0 Å². The third kappa shape index (κ3) is 2.55. The maximum Gasteiger partial charge on any atom is 0.292 e. The van der Waals surface area contributed by atoms with E-state index in [1.165, 1.54) is 4.68 Å². The molecule has 0 spiro atoms. The lowest BCUT2D eigenvalue weighted by atomic mass is 9.98. The van der Waals surface area contributed by atoms with Crippen LogP contribution in [0.25, 0.3) is 11.0 Å². The number of hydrogen-bond donors (Lipinski definition) is 2. The highest BCUT2D eigenvalue weighted by Crippen LogP contribution is 2.31. The Kier molecular flexibility index (Phi) is 3.61. The zero-order chi connectivity index (χ0) is 18.4. The largest absolute Gasteiger partial charge is 0.451 e. The van der Waals surface area contributed by atoms with E-state index < -0.39 is 5.91 Å². The minimum Gasteiger partial charge on any atom is -0.451 e. The molecule has 0 aliphatic carbocycles. The normalized spacial score (nSPS) is 16.2. The topological polar surface area (TPSA) is 106 Å². The minimum absolute atomic E-state index is 0.0843. The highest BCUT2D eigenvalue weighted by atomic mass is 16.3. The Morgan fingerprint density at radius 1 is 1.35 bits per heavy atom. The van der Waals surface area contributed by atoms with Gasteiger partial charge in [0.1, 0.15) is 11.4 Å². The first-order valence-corrected chi connectivity index (χ1v) is 8.15. The number of carbonyl (C=O) groups is 2. The van der Waals surface area contributed by atoms with Crippen molar-refractivity contribution in [3.63, 3.8) is 0 Å². The van der Waals surface area contributed by atoms with Gasteiger partial charge in [-0.2, -0.15) is 5.10 Å². The van der Waals surface area contributed by atoms with Crippen LogP contribution < -0.4 is 16.1 Å². The van der Waals surface area contributed by atoms with Crippen LogP contribution in [0.2, 0.25) is 0 Å². The molecule has 1 atom stereocenters. The molecule has 2 aromatic heterocycles. The van der Waals surface area contributed by atoms with E-state index in [1.807, 2.05) is 0 Å². The molecule has 0 bridgehead atoms. The third-order valence-electron chi connectivity index (χ3n) is 4.44. The van der Waals surface area contributed by atoms with Crippen molar-refractivity contribution in [2.24, 2.45) is 13.0 Å². The van der Waals surface area contributed by atoms with E-state index in [2.05, 4.69) is 15.7 Å². The number of fused-ring (bicyclic) bond motifs is 2. The fourth-order valence-corrected chi connectivity index (χ4v) is 3.04.